The minimum absolute atomic E-state index is 0.0173. The molecule has 100 valence electrons. The number of halogens is 1. The first-order chi connectivity index (χ1) is 9.78. The molecule has 4 heteroatoms. The van der Waals surface area contributed by atoms with Gasteiger partial charge in [-0.2, -0.15) is 0 Å². The number of nitrogens with one attached hydrogen (secondary N) is 1. The summed E-state index contributed by atoms with van der Waals surface area (Å²) < 4.78 is 0. The van der Waals surface area contributed by atoms with E-state index in [-0.39, 0.29) is 5.41 Å². The quantitative estimate of drug-likeness (QED) is 0.720. The number of hydrogen-bond donors (Lipinski definition) is 1. The summed E-state index contributed by atoms with van der Waals surface area (Å²) in [5.41, 5.74) is 3.30. The van der Waals surface area contributed by atoms with Crippen LogP contribution in [0.5, 0.6) is 0 Å². The van der Waals surface area contributed by atoms with E-state index in [1.807, 2.05) is 30.5 Å². The molecule has 3 aromatic rings. The monoisotopic (exact) mass is 283 g/mol. The topological polar surface area (TPSA) is 41.6 Å². The van der Waals surface area contributed by atoms with E-state index in [2.05, 4.69) is 22.1 Å². The zero-order valence-corrected chi connectivity index (χ0v) is 11.7. The zero-order valence-electron chi connectivity index (χ0n) is 10.9. The number of para-hydroxylation sites is 2. The average Bonchev–Trinajstić information content (AvgIpc) is 2.83. The van der Waals surface area contributed by atoms with Crippen LogP contribution in [0, 0.1) is 0 Å². The fourth-order valence-corrected chi connectivity index (χ4v) is 3.14. The van der Waals surface area contributed by atoms with E-state index in [1.54, 1.807) is 0 Å². The molecule has 0 amide bonds. The Balaban J connectivity index is 1.86. The third-order valence-corrected chi connectivity index (χ3v) is 4.55. The van der Waals surface area contributed by atoms with Crippen LogP contribution in [0.1, 0.15) is 30.7 Å². The summed E-state index contributed by atoms with van der Waals surface area (Å²) in [4.78, 5) is 12.5. The van der Waals surface area contributed by atoms with Crippen molar-refractivity contribution in [2.24, 2.45) is 0 Å². The number of benzene rings is 1. The van der Waals surface area contributed by atoms with Crippen LogP contribution in [0.3, 0.4) is 0 Å². The molecule has 20 heavy (non-hydrogen) atoms. The zero-order chi connectivity index (χ0) is 13.6. The Bertz CT molecular complexity index is 724. The molecule has 1 fully saturated rings. The minimum atomic E-state index is -0.0173. The Kier molecular flexibility index (Phi) is 2.57. The fourth-order valence-electron chi connectivity index (χ4n) is 3.03. The number of imidazole rings is 1. The molecular formula is C16H14ClN3. The summed E-state index contributed by atoms with van der Waals surface area (Å²) in [6.45, 7) is 0. The summed E-state index contributed by atoms with van der Waals surface area (Å²) in [5, 5.41) is 0.535. The number of aromatic amines is 1. The number of nitrogens with zero attached hydrogens (tertiary/aromatic N) is 2. The van der Waals surface area contributed by atoms with Crippen molar-refractivity contribution in [1.82, 2.24) is 15.0 Å². The predicted molar refractivity (Wildman–Crippen MR) is 80.0 cm³/mol. The van der Waals surface area contributed by atoms with Crippen molar-refractivity contribution in [3.63, 3.8) is 0 Å². The van der Waals surface area contributed by atoms with Crippen molar-refractivity contribution in [1.29, 1.82) is 0 Å². The molecule has 3 nitrogen and oxygen atoms in total. The fraction of sp³-hybridized carbons (Fsp3) is 0.250. The average molecular weight is 284 g/mol. The molecule has 1 aromatic carbocycles. The van der Waals surface area contributed by atoms with E-state index in [0.717, 1.165) is 29.7 Å². The Morgan fingerprint density at radius 1 is 1.10 bits per heavy atom. The molecule has 1 aliphatic rings. The molecule has 0 spiro atoms. The van der Waals surface area contributed by atoms with Crippen LogP contribution in [0.2, 0.25) is 5.15 Å². The Hall–Kier alpha value is -1.87. The van der Waals surface area contributed by atoms with Gasteiger partial charge in [0.1, 0.15) is 11.0 Å². The minimum Gasteiger partial charge on any atom is -0.341 e. The third-order valence-electron chi connectivity index (χ3n) is 4.33. The van der Waals surface area contributed by atoms with E-state index in [4.69, 9.17) is 16.6 Å². The maximum atomic E-state index is 5.90. The molecule has 0 bridgehead atoms. The van der Waals surface area contributed by atoms with Gasteiger partial charge in [-0.05, 0) is 36.6 Å². The van der Waals surface area contributed by atoms with Gasteiger partial charge in [0.2, 0.25) is 0 Å². The standard InChI is InChI=1S/C16H14ClN3/c17-14-7-6-11(10-18-14)16(8-3-9-16)15-19-12-4-1-2-5-13(12)20-15/h1-2,4-7,10H,3,8-9H2,(H,19,20). The van der Waals surface area contributed by atoms with Crippen LogP contribution in [-0.2, 0) is 5.41 Å². The Morgan fingerprint density at radius 3 is 2.60 bits per heavy atom. The third kappa shape index (κ3) is 1.66. The number of pyridine rings is 1. The van der Waals surface area contributed by atoms with E-state index in [1.165, 1.54) is 12.0 Å². The number of fused-ring (bicyclic) bond motifs is 1. The van der Waals surface area contributed by atoms with Crippen molar-refractivity contribution < 1.29 is 0 Å². The lowest BCUT2D eigenvalue weighted by Gasteiger charge is -2.40. The highest BCUT2D eigenvalue weighted by Crippen LogP contribution is 2.48. The molecule has 0 atom stereocenters. The first-order valence-corrected chi connectivity index (χ1v) is 7.23. The second kappa shape index (κ2) is 4.32. The van der Waals surface area contributed by atoms with E-state index in [0.29, 0.717) is 5.15 Å². The van der Waals surface area contributed by atoms with E-state index < -0.39 is 0 Å². The summed E-state index contributed by atoms with van der Waals surface area (Å²) in [6, 6.07) is 12.1. The highest BCUT2D eigenvalue weighted by molar-refractivity contribution is 6.29. The first-order valence-electron chi connectivity index (χ1n) is 6.85. The molecule has 1 N–H and O–H groups in total. The lowest BCUT2D eigenvalue weighted by molar-refractivity contribution is 0.287. The highest BCUT2D eigenvalue weighted by atomic mass is 35.5. The van der Waals surface area contributed by atoms with Crippen LogP contribution in [-0.4, -0.2) is 15.0 Å². The van der Waals surface area contributed by atoms with Crippen molar-refractivity contribution >= 4 is 22.6 Å². The first kappa shape index (κ1) is 11.9. The van der Waals surface area contributed by atoms with Crippen molar-refractivity contribution in [2.45, 2.75) is 24.7 Å². The molecule has 0 aliphatic heterocycles. The molecule has 2 aromatic heterocycles. The van der Waals surface area contributed by atoms with Gasteiger partial charge >= 0.3 is 0 Å². The van der Waals surface area contributed by atoms with E-state index in [9.17, 15) is 0 Å². The lowest BCUT2D eigenvalue weighted by Crippen LogP contribution is -2.36. The smallest absolute Gasteiger partial charge is 0.129 e. The van der Waals surface area contributed by atoms with Crippen LogP contribution >= 0.6 is 11.6 Å². The Morgan fingerprint density at radius 2 is 1.95 bits per heavy atom. The van der Waals surface area contributed by atoms with Gasteiger partial charge in [0.25, 0.3) is 0 Å². The van der Waals surface area contributed by atoms with E-state index >= 15 is 0 Å². The molecule has 1 aliphatic carbocycles. The molecular weight excluding hydrogens is 270 g/mol. The van der Waals surface area contributed by atoms with Gasteiger partial charge in [-0.1, -0.05) is 36.2 Å². The summed E-state index contributed by atoms with van der Waals surface area (Å²) in [7, 11) is 0. The van der Waals surface area contributed by atoms with Gasteiger partial charge in [0.05, 0.1) is 16.4 Å². The van der Waals surface area contributed by atoms with Gasteiger partial charge in [-0.25, -0.2) is 9.97 Å². The van der Waals surface area contributed by atoms with Gasteiger partial charge < -0.3 is 4.98 Å². The van der Waals surface area contributed by atoms with Gasteiger partial charge in [0.15, 0.2) is 0 Å². The molecule has 0 radical (unpaired) electrons. The number of hydrogen-bond acceptors (Lipinski definition) is 2. The highest BCUT2D eigenvalue weighted by Gasteiger charge is 2.43. The molecule has 0 unspecified atom stereocenters. The van der Waals surface area contributed by atoms with Gasteiger partial charge in [-0.15, -0.1) is 0 Å². The SMILES string of the molecule is Clc1ccc(C2(c3nc4ccccc4[nH]3)CCC2)cn1. The molecule has 4 rings (SSSR count). The van der Waals surface area contributed by atoms with Crippen LogP contribution in [0.15, 0.2) is 42.6 Å². The summed E-state index contributed by atoms with van der Waals surface area (Å²) in [6.07, 6.45) is 5.32. The number of rotatable bonds is 2. The largest absolute Gasteiger partial charge is 0.341 e. The van der Waals surface area contributed by atoms with Crippen LogP contribution < -0.4 is 0 Å². The second-order valence-electron chi connectivity index (χ2n) is 5.41. The predicted octanol–water partition coefficient (Wildman–Crippen LogP) is 4.08. The number of H-pyrrole nitrogens is 1. The van der Waals surface area contributed by atoms with Crippen molar-refractivity contribution in [3.8, 4) is 0 Å². The second-order valence-corrected chi connectivity index (χ2v) is 5.80. The summed E-state index contributed by atoms with van der Waals surface area (Å²) in [5.74, 6) is 1.05. The molecule has 1 saturated carbocycles. The maximum absolute atomic E-state index is 5.90. The van der Waals surface area contributed by atoms with Crippen molar-refractivity contribution in [2.75, 3.05) is 0 Å². The van der Waals surface area contributed by atoms with Crippen LogP contribution in [0.4, 0.5) is 0 Å². The van der Waals surface area contributed by atoms with Crippen LogP contribution in [0.25, 0.3) is 11.0 Å². The normalized spacial score (nSPS) is 17.1. The molecule has 2 heterocycles. The maximum Gasteiger partial charge on any atom is 0.129 e. The number of aromatic nitrogens is 3. The lowest BCUT2D eigenvalue weighted by atomic mass is 9.64. The molecule has 0 saturated heterocycles. The van der Waals surface area contributed by atoms with Crippen molar-refractivity contribution in [3.05, 3.63) is 59.1 Å². The van der Waals surface area contributed by atoms with Gasteiger partial charge in [0, 0.05) is 6.20 Å². The Labute approximate surface area is 122 Å². The van der Waals surface area contributed by atoms with Gasteiger partial charge in [-0.3, -0.25) is 0 Å². The summed E-state index contributed by atoms with van der Waals surface area (Å²) >= 11 is 5.90.